The summed E-state index contributed by atoms with van der Waals surface area (Å²) in [5.74, 6) is -0.917. The van der Waals surface area contributed by atoms with E-state index in [9.17, 15) is 8.78 Å². The minimum absolute atomic E-state index is 0.0493. The molecule has 2 aromatic rings. The van der Waals surface area contributed by atoms with E-state index in [4.69, 9.17) is 0 Å². The molecule has 0 bridgehead atoms. The van der Waals surface area contributed by atoms with Gasteiger partial charge in [0.25, 0.3) is 0 Å². The zero-order chi connectivity index (χ0) is 14.5. The number of nitrogens with zero attached hydrogens (tertiary/aromatic N) is 2. The first-order chi connectivity index (χ1) is 9.61. The van der Waals surface area contributed by atoms with Crippen LogP contribution in [0.5, 0.6) is 0 Å². The van der Waals surface area contributed by atoms with Crippen molar-refractivity contribution in [2.24, 2.45) is 0 Å². The molecule has 1 heterocycles. The van der Waals surface area contributed by atoms with Crippen LogP contribution in [0.4, 0.5) is 26.2 Å². The van der Waals surface area contributed by atoms with Crippen LogP contribution in [0, 0.1) is 18.6 Å². The van der Waals surface area contributed by atoms with Gasteiger partial charge in [0.05, 0.1) is 5.69 Å². The van der Waals surface area contributed by atoms with E-state index >= 15 is 0 Å². The lowest BCUT2D eigenvalue weighted by Gasteiger charge is -2.11. The zero-order valence-corrected chi connectivity index (χ0v) is 11.4. The van der Waals surface area contributed by atoms with E-state index in [0.29, 0.717) is 11.8 Å². The van der Waals surface area contributed by atoms with Gasteiger partial charge in [-0.3, -0.25) is 0 Å². The maximum atomic E-state index is 13.6. The van der Waals surface area contributed by atoms with Crippen molar-refractivity contribution in [3.8, 4) is 0 Å². The molecule has 1 aromatic carbocycles. The fraction of sp³-hybridized carbons (Fsp3) is 0.286. The summed E-state index contributed by atoms with van der Waals surface area (Å²) in [6.45, 7) is 4.57. The molecule has 6 heteroatoms. The van der Waals surface area contributed by atoms with Crippen molar-refractivity contribution in [1.29, 1.82) is 0 Å². The van der Waals surface area contributed by atoms with Gasteiger partial charge in [0, 0.05) is 18.3 Å². The fourth-order valence-corrected chi connectivity index (χ4v) is 1.62. The molecule has 4 nitrogen and oxygen atoms in total. The maximum absolute atomic E-state index is 13.6. The minimum atomic E-state index is -0.923. The number of nitrogens with one attached hydrogen (secondary N) is 2. The number of anilines is 3. The average Bonchev–Trinajstić information content (AvgIpc) is 2.44. The van der Waals surface area contributed by atoms with Crippen LogP contribution in [0.3, 0.4) is 0 Å². The lowest BCUT2D eigenvalue weighted by molar-refractivity contribution is 0.511. The van der Waals surface area contributed by atoms with E-state index in [1.54, 1.807) is 13.1 Å². The molecule has 0 aliphatic heterocycles. The van der Waals surface area contributed by atoms with Gasteiger partial charge in [-0.2, -0.15) is 4.98 Å². The van der Waals surface area contributed by atoms with Gasteiger partial charge in [-0.15, -0.1) is 0 Å². The zero-order valence-electron chi connectivity index (χ0n) is 11.4. The Labute approximate surface area is 116 Å². The molecule has 0 spiro atoms. The molecule has 2 rings (SSSR count). The van der Waals surface area contributed by atoms with Crippen molar-refractivity contribution in [2.45, 2.75) is 20.3 Å². The lowest BCUT2D eigenvalue weighted by atomic mass is 10.2. The first kappa shape index (κ1) is 14.2. The van der Waals surface area contributed by atoms with Gasteiger partial charge in [0.2, 0.25) is 5.95 Å². The summed E-state index contributed by atoms with van der Waals surface area (Å²) >= 11 is 0. The number of benzene rings is 1. The van der Waals surface area contributed by atoms with Crippen molar-refractivity contribution in [3.05, 3.63) is 41.6 Å². The van der Waals surface area contributed by atoms with Gasteiger partial charge in [-0.25, -0.2) is 13.8 Å². The Hall–Kier alpha value is -2.24. The first-order valence-corrected chi connectivity index (χ1v) is 6.40. The highest BCUT2D eigenvalue weighted by Gasteiger charge is 2.10. The third-order valence-electron chi connectivity index (χ3n) is 2.71. The van der Waals surface area contributed by atoms with E-state index in [-0.39, 0.29) is 5.69 Å². The van der Waals surface area contributed by atoms with Gasteiger partial charge < -0.3 is 10.6 Å². The third-order valence-corrected chi connectivity index (χ3v) is 2.71. The van der Waals surface area contributed by atoms with Crippen LogP contribution in [-0.2, 0) is 0 Å². The van der Waals surface area contributed by atoms with Crippen LogP contribution in [0.2, 0.25) is 0 Å². The summed E-state index contributed by atoms with van der Waals surface area (Å²) in [5.41, 5.74) is 0.795. The van der Waals surface area contributed by atoms with Gasteiger partial charge in [-0.1, -0.05) is 13.0 Å². The number of hydrogen-bond acceptors (Lipinski definition) is 4. The van der Waals surface area contributed by atoms with Crippen molar-refractivity contribution in [3.63, 3.8) is 0 Å². The van der Waals surface area contributed by atoms with E-state index in [1.165, 1.54) is 12.1 Å². The standard InChI is InChI=1S/C14H16F2N4/c1-3-7-17-14-18-8-9(2)13(20-14)19-11-6-4-5-10(15)12(11)16/h4-6,8H,3,7H2,1-2H3,(H2,17,18,19,20). The molecule has 2 N–H and O–H groups in total. The second kappa shape index (κ2) is 6.27. The highest BCUT2D eigenvalue weighted by Crippen LogP contribution is 2.23. The third kappa shape index (κ3) is 3.20. The molecule has 0 saturated heterocycles. The van der Waals surface area contributed by atoms with Crippen LogP contribution in [0.15, 0.2) is 24.4 Å². The van der Waals surface area contributed by atoms with Crippen molar-refractivity contribution >= 4 is 17.5 Å². The molecule has 0 amide bonds. The highest BCUT2D eigenvalue weighted by atomic mass is 19.2. The Morgan fingerprint density at radius 2 is 2.05 bits per heavy atom. The van der Waals surface area contributed by atoms with Crippen molar-refractivity contribution in [1.82, 2.24) is 9.97 Å². The summed E-state index contributed by atoms with van der Waals surface area (Å²) in [5, 5.41) is 5.84. The topological polar surface area (TPSA) is 49.8 Å². The van der Waals surface area contributed by atoms with Gasteiger partial charge >= 0.3 is 0 Å². The molecular formula is C14H16F2N4. The fourth-order valence-electron chi connectivity index (χ4n) is 1.62. The molecular weight excluding hydrogens is 262 g/mol. The van der Waals surface area contributed by atoms with Crippen molar-refractivity contribution in [2.75, 3.05) is 17.2 Å². The highest BCUT2D eigenvalue weighted by molar-refractivity contribution is 5.60. The summed E-state index contributed by atoms with van der Waals surface area (Å²) < 4.78 is 26.8. The maximum Gasteiger partial charge on any atom is 0.224 e. The molecule has 0 saturated carbocycles. The molecule has 106 valence electrons. The first-order valence-electron chi connectivity index (χ1n) is 6.40. The molecule has 1 aromatic heterocycles. The van der Waals surface area contributed by atoms with Gasteiger partial charge in [0.1, 0.15) is 5.82 Å². The molecule has 0 fully saturated rings. The van der Waals surface area contributed by atoms with E-state index < -0.39 is 11.6 Å². The number of aromatic nitrogens is 2. The minimum Gasteiger partial charge on any atom is -0.354 e. The molecule has 0 atom stereocenters. The van der Waals surface area contributed by atoms with Gasteiger partial charge in [0.15, 0.2) is 11.6 Å². The quantitative estimate of drug-likeness (QED) is 0.877. The van der Waals surface area contributed by atoms with E-state index in [0.717, 1.165) is 24.6 Å². The average molecular weight is 278 g/mol. The number of aryl methyl sites for hydroxylation is 1. The lowest BCUT2D eigenvalue weighted by Crippen LogP contribution is -2.07. The van der Waals surface area contributed by atoms with Crippen LogP contribution >= 0.6 is 0 Å². The predicted octanol–water partition coefficient (Wildman–Crippen LogP) is 3.63. The summed E-state index contributed by atoms with van der Waals surface area (Å²) in [6.07, 6.45) is 2.57. The Kier molecular flexibility index (Phi) is 4.45. The second-order valence-electron chi connectivity index (χ2n) is 4.38. The Morgan fingerprint density at radius 3 is 2.80 bits per heavy atom. The summed E-state index contributed by atoms with van der Waals surface area (Å²) in [6, 6.07) is 3.97. The van der Waals surface area contributed by atoms with Crippen molar-refractivity contribution < 1.29 is 8.78 Å². The SMILES string of the molecule is CCCNc1ncc(C)c(Nc2cccc(F)c2F)n1. The Morgan fingerprint density at radius 1 is 1.25 bits per heavy atom. The van der Waals surface area contributed by atoms with Crippen LogP contribution in [0.25, 0.3) is 0 Å². The molecule has 0 radical (unpaired) electrons. The van der Waals surface area contributed by atoms with Crippen LogP contribution in [-0.4, -0.2) is 16.5 Å². The molecule has 0 unspecified atom stereocenters. The summed E-state index contributed by atoms with van der Waals surface area (Å²) in [7, 11) is 0. The number of halogens is 2. The van der Waals surface area contributed by atoms with Gasteiger partial charge in [-0.05, 0) is 25.5 Å². The normalized spacial score (nSPS) is 10.4. The summed E-state index contributed by atoms with van der Waals surface area (Å²) in [4.78, 5) is 8.38. The Bertz CT molecular complexity index is 602. The predicted molar refractivity (Wildman–Crippen MR) is 75.2 cm³/mol. The molecule has 20 heavy (non-hydrogen) atoms. The second-order valence-corrected chi connectivity index (χ2v) is 4.38. The van der Waals surface area contributed by atoms with Crippen LogP contribution < -0.4 is 10.6 Å². The van der Waals surface area contributed by atoms with E-state index in [1.807, 2.05) is 6.92 Å². The molecule has 0 aliphatic carbocycles. The van der Waals surface area contributed by atoms with Crippen LogP contribution in [0.1, 0.15) is 18.9 Å². The Balaban J connectivity index is 2.26. The monoisotopic (exact) mass is 278 g/mol. The smallest absolute Gasteiger partial charge is 0.224 e. The molecule has 0 aliphatic rings. The number of hydrogen-bond donors (Lipinski definition) is 2. The number of rotatable bonds is 5. The van der Waals surface area contributed by atoms with E-state index in [2.05, 4.69) is 20.6 Å². The largest absolute Gasteiger partial charge is 0.354 e.